The van der Waals surface area contributed by atoms with E-state index in [1.165, 1.54) is 16.7 Å². The average molecular weight is 753 g/mol. The fourth-order valence-electron chi connectivity index (χ4n) is 5.18. The quantitative estimate of drug-likeness (QED) is 0.0898. The zero-order valence-electron chi connectivity index (χ0n) is 27.5. The minimum atomic E-state index is -4.26. The summed E-state index contributed by atoms with van der Waals surface area (Å²) >= 11 is 4.97. The number of nitrogens with zero attached hydrogens (tertiary/aromatic N) is 2. The largest absolute Gasteiger partial charge is 0.492 e. The number of hydrogen-bond acceptors (Lipinski definition) is 6. The molecule has 8 nitrogen and oxygen atoms in total. The lowest BCUT2D eigenvalue weighted by molar-refractivity contribution is -0.140. The summed E-state index contributed by atoms with van der Waals surface area (Å²) in [6.07, 6.45) is 3.85. The van der Waals surface area contributed by atoms with Gasteiger partial charge < -0.3 is 15.0 Å². The van der Waals surface area contributed by atoms with Crippen molar-refractivity contribution >= 4 is 55.2 Å². The third-order valence-electron chi connectivity index (χ3n) is 7.73. The summed E-state index contributed by atoms with van der Waals surface area (Å²) < 4.78 is 36.7. The lowest BCUT2D eigenvalue weighted by Gasteiger charge is -2.34. The highest BCUT2D eigenvalue weighted by Crippen LogP contribution is 2.33. The lowest BCUT2D eigenvalue weighted by Crippen LogP contribution is -2.53. The second-order valence-electron chi connectivity index (χ2n) is 11.1. The summed E-state index contributed by atoms with van der Waals surface area (Å²) in [4.78, 5) is 31.1. The number of halogens is 1. The number of carbonyl (C=O) groups excluding carboxylic acids is 2. The van der Waals surface area contributed by atoms with E-state index in [9.17, 15) is 18.0 Å². The van der Waals surface area contributed by atoms with Gasteiger partial charge in [-0.05, 0) is 79.3 Å². The number of amides is 2. The van der Waals surface area contributed by atoms with Gasteiger partial charge in [0.1, 0.15) is 18.3 Å². The molecule has 4 aromatic carbocycles. The molecular formula is C37H42BrN3O5S2. The highest BCUT2D eigenvalue weighted by atomic mass is 79.9. The molecule has 0 saturated carbocycles. The maximum Gasteiger partial charge on any atom is 0.264 e. The van der Waals surface area contributed by atoms with Crippen LogP contribution >= 0.6 is 27.7 Å². The Morgan fingerprint density at radius 2 is 1.54 bits per heavy atom. The molecule has 0 radical (unpaired) electrons. The highest BCUT2D eigenvalue weighted by Gasteiger charge is 2.35. The number of thioether (sulfide) groups is 1. The summed E-state index contributed by atoms with van der Waals surface area (Å²) in [5.74, 6) is -0.496. The van der Waals surface area contributed by atoms with Crippen molar-refractivity contribution < 1.29 is 22.7 Å². The van der Waals surface area contributed by atoms with Crippen molar-refractivity contribution in [3.8, 4) is 5.75 Å². The molecule has 0 aliphatic rings. The van der Waals surface area contributed by atoms with Gasteiger partial charge in [-0.1, -0.05) is 83.9 Å². The minimum absolute atomic E-state index is 0.0389. The van der Waals surface area contributed by atoms with Gasteiger partial charge in [0.05, 0.1) is 17.2 Å². The zero-order chi connectivity index (χ0) is 34.5. The van der Waals surface area contributed by atoms with Crippen LogP contribution in [-0.4, -0.2) is 57.1 Å². The van der Waals surface area contributed by atoms with Gasteiger partial charge >= 0.3 is 0 Å². The third-order valence-corrected chi connectivity index (χ3v) is 10.8. The number of ether oxygens (including phenoxy) is 1. The monoisotopic (exact) mass is 751 g/mol. The molecule has 0 saturated heterocycles. The molecule has 0 heterocycles. The average Bonchev–Trinajstić information content (AvgIpc) is 3.10. The molecular weight excluding hydrogens is 710 g/mol. The number of nitrogens with one attached hydrogen (secondary N) is 1. The molecule has 1 N–H and O–H groups in total. The Balaban J connectivity index is 1.82. The Morgan fingerprint density at radius 1 is 0.875 bits per heavy atom. The van der Waals surface area contributed by atoms with Crippen LogP contribution in [0.2, 0.25) is 0 Å². The van der Waals surface area contributed by atoms with Crippen LogP contribution in [0.25, 0.3) is 0 Å². The molecule has 4 aromatic rings. The summed E-state index contributed by atoms with van der Waals surface area (Å²) in [7, 11) is -4.26. The van der Waals surface area contributed by atoms with Gasteiger partial charge in [0, 0.05) is 28.9 Å². The van der Waals surface area contributed by atoms with Crippen LogP contribution in [0.5, 0.6) is 5.75 Å². The van der Waals surface area contributed by atoms with E-state index in [2.05, 4.69) is 21.2 Å². The van der Waals surface area contributed by atoms with Crippen molar-refractivity contribution in [2.24, 2.45) is 0 Å². The van der Waals surface area contributed by atoms with Crippen LogP contribution in [0, 0.1) is 0 Å². The number of benzene rings is 4. The molecule has 48 heavy (non-hydrogen) atoms. The molecule has 2 amide bonds. The first kappa shape index (κ1) is 37.0. The lowest BCUT2D eigenvalue weighted by atomic mass is 10.0. The van der Waals surface area contributed by atoms with E-state index in [4.69, 9.17) is 4.74 Å². The maximum absolute atomic E-state index is 14.7. The van der Waals surface area contributed by atoms with Crippen LogP contribution in [0.3, 0.4) is 0 Å². The van der Waals surface area contributed by atoms with Crippen molar-refractivity contribution in [2.75, 3.05) is 30.3 Å². The van der Waals surface area contributed by atoms with Crippen molar-refractivity contribution in [1.29, 1.82) is 0 Å². The predicted octanol–water partition coefficient (Wildman–Crippen LogP) is 7.32. The number of anilines is 1. The molecule has 254 valence electrons. The first-order valence-electron chi connectivity index (χ1n) is 15.9. The number of hydrogen-bond donors (Lipinski definition) is 1. The Morgan fingerprint density at radius 3 is 2.19 bits per heavy atom. The van der Waals surface area contributed by atoms with Crippen LogP contribution in [-0.2, 0) is 32.6 Å². The molecule has 11 heteroatoms. The fraction of sp³-hybridized carbons (Fsp3) is 0.297. The normalized spacial score (nSPS) is 11.8. The van der Waals surface area contributed by atoms with E-state index >= 15 is 0 Å². The number of carbonyl (C=O) groups is 2. The van der Waals surface area contributed by atoms with Crippen LogP contribution in [0.15, 0.2) is 117 Å². The number of rotatable bonds is 17. The Labute approximate surface area is 297 Å². The molecule has 1 unspecified atom stereocenters. The van der Waals surface area contributed by atoms with Gasteiger partial charge in [-0.25, -0.2) is 8.42 Å². The summed E-state index contributed by atoms with van der Waals surface area (Å²) in [5.41, 5.74) is 1.90. The first-order chi connectivity index (χ1) is 23.2. The third kappa shape index (κ3) is 9.87. The highest BCUT2D eigenvalue weighted by molar-refractivity contribution is 9.10. The molecule has 0 fully saturated rings. The van der Waals surface area contributed by atoms with Crippen LogP contribution in [0.1, 0.15) is 37.8 Å². The van der Waals surface area contributed by atoms with Crippen molar-refractivity contribution in [3.05, 3.63) is 119 Å². The van der Waals surface area contributed by atoms with Gasteiger partial charge in [0.2, 0.25) is 11.8 Å². The van der Waals surface area contributed by atoms with E-state index in [0.717, 1.165) is 37.6 Å². The second kappa shape index (κ2) is 18.1. The Bertz CT molecular complexity index is 1740. The van der Waals surface area contributed by atoms with E-state index in [-0.39, 0.29) is 29.5 Å². The maximum atomic E-state index is 14.7. The van der Waals surface area contributed by atoms with E-state index < -0.39 is 28.5 Å². The van der Waals surface area contributed by atoms with Gasteiger partial charge in [-0.15, -0.1) is 11.8 Å². The van der Waals surface area contributed by atoms with E-state index in [1.54, 1.807) is 48.5 Å². The van der Waals surface area contributed by atoms with Crippen LogP contribution in [0.4, 0.5) is 5.69 Å². The van der Waals surface area contributed by atoms with Crippen LogP contribution < -0.4 is 14.4 Å². The van der Waals surface area contributed by atoms with E-state index in [0.29, 0.717) is 18.9 Å². The summed E-state index contributed by atoms with van der Waals surface area (Å²) in [5, 5.41) is 3.02. The fourth-order valence-corrected chi connectivity index (χ4v) is 7.27. The van der Waals surface area contributed by atoms with E-state index in [1.807, 2.05) is 74.7 Å². The standard InChI is InChI=1S/C37H42BrN3O5S2/c1-4-6-24-39-37(43)34(25-28-12-8-7-9-13-28)40(26-29-16-18-30(38)19-17-29)36(42)27-41(33-14-10-11-15-35(33)46-5-2)48(44,45)32-22-20-31(47-3)21-23-32/h7-23,34H,4-6,24-27H2,1-3H3,(H,39,43). The first-order valence-corrected chi connectivity index (χ1v) is 19.4. The Kier molecular flexibility index (Phi) is 14.0. The number of para-hydroxylation sites is 2. The molecule has 0 bridgehead atoms. The van der Waals surface area contributed by atoms with Crippen molar-refractivity contribution in [1.82, 2.24) is 10.2 Å². The van der Waals surface area contributed by atoms with Gasteiger partial charge in [-0.2, -0.15) is 0 Å². The van der Waals surface area contributed by atoms with Gasteiger partial charge in [-0.3, -0.25) is 13.9 Å². The molecule has 0 aromatic heterocycles. The SMILES string of the molecule is CCCCNC(=O)C(Cc1ccccc1)N(Cc1ccc(Br)cc1)C(=O)CN(c1ccccc1OCC)S(=O)(=O)c1ccc(SC)cc1. The Hall–Kier alpha value is -3.80. The van der Waals surface area contributed by atoms with Gasteiger partial charge in [0.25, 0.3) is 10.0 Å². The topological polar surface area (TPSA) is 96.0 Å². The molecule has 0 spiro atoms. The molecule has 4 rings (SSSR count). The summed E-state index contributed by atoms with van der Waals surface area (Å²) in [6, 6.07) is 29.5. The second-order valence-corrected chi connectivity index (χ2v) is 14.7. The minimum Gasteiger partial charge on any atom is -0.492 e. The number of sulfonamides is 1. The smallest absolute Gasteiger partial charge is 0.264 e. The molecule has 0 aliphatic carbocycles. The molecule has 1 atom stereocenters. The van der Waals surface area contributed by atoms with Gasteiger partial charge in [0.15, 0.2) is 0 Å². The van der Waals surface area contributed by atoms with Crippen molar-refractivity contribution in [2.45, 2.75) is 55.5 Å². The number of unbranched alkanes of at least 4 members (excludes halogenated alkanes) is 1. The van der Waals surface area contributed by atoms with Crippen molar-refractivity contribution in [3.63, 3.8) is 0 Å². The zero-order valence-corrected chi connectivity index (χ0v) is 30.7. The predicted molar refractivity (Wildman–Crippen MR) is 197 cm³/mol. The summed E-state index contributed by atoms with van der Waals surface area (Å²) in [6.45, 7) is 4.16. The molecule has 0 aliphatic heterocycles.